The maximum atomic E-state index is 12.5. The highest BCUT2D eigenvalue weighted by Crippen LogP contribution is 2.14. The average molecular weight is 370 g/mol. The first-order valence-corrected chi connectivity index (χ1v) is 8.53. The molecule has 0 unspecified atom stereocenters. The summed E-state index contributed by atoms with van der Waals surface area (Å²) in [6.07, 6.45) is -0.0857. The molecule has 8 nitrogen and oxygen atoms in total. The molecule has 0 atom stereocenters. The zero-order valence-electron chi connectivity index (χ0n) is 15.8. The molecule has 2 heterocycles. The van der Waals surface area contributed by atoms with E-state index in [1.807, 2.05) is 41.8 Å². The molecule has 0 saturated heterocycles. The smallest absolute Gasteiger partial charge is 0.329 e. The van der Waals surface area contributed by atoms with E-state index >= 15 is 0 Å². The Morgan fingerprint density at radius 1 is 1.07 bits per heavy atom. The number of hydrogen-bond donors (Lipinski definition) is 1. The van der Waals surface area contributed by atoms with E-state index in [1.54, 1.807) is 6.92 Å². The quantitative estimate of drug-likeness (QED) is 0.506. The normalized spacial score (nSPS) is 11.1. The second-order valence-corrected chi connectivity index (χ2v) is 6.64. The van der Waals surface area contributed by atoms with Crippen LogP contribution in [0.2, 0.25) is 0 Å². The Morgan fingerprint density at radius 3 is 2.33 bits per heavy atom. The largest absolute Gasteiger partial charge is 0.860 e. The molecule has 0 aliphatic carbocycles. The van der Waals surface area contributed by atoms with Crippen molar-refractivity contribution in [1.82, 2.24) is 13.9 Å². The van der Waals surface area contributed by atoms with Crippen LogP contribution in [0.25, 0.3) is 0 Å². The number of nitrogens with zero attached hydrogens (tertiary/aromatic N) is 4. The predicted octanol–water partition coefficient (Wildman–Crippen LogP) is -0.260. The summed E-state index contributed by atoms with van der Waals surface area (Å²) in [6, 6.07) is 9.69. The number of hydrogen-bond acceptors (Lipinski definition) is 4. The minimum absolute atomic E-state index is 0.0609. The summed E-state index contributed by atoms with van der Waals surface area (Å²) in [6.45, 7) is 4.11. The molecule has 0 bridgehead atoms. The second-order valence-electron chi connectivity index (χ2n) is 6.64. The molecule has 2 aromatic heterocycles. The number of rotatable bonds is 4. The van der Waals surface area contributed by atoms with Gasteiger partial charge in [-0.3, -0.25) is 9.36 Å². The van der Waals surface area contributed by atoms with Crippen molar-refractivity contribution in [2.45, 2.75) is 26.8 Å². The van der Waals surface area contributed by atoms with E-state index in [2.05, 4.69) is 0 Å². The van der Waals surface area contributed by atoms with Crippen LogP contribution in [-0.4, -0.2) is 19.1 Å². The van der Waals surface area contributed by atoms with Crippen LogP contribution in [0.15, 0.2) is 39.9 Å². The van der Waals surface area contributed by atoms with Gasteiger partial charge < -0.3 is 14.9 Å². The third-order valence-electron chi connectivity index (χ3n) is 5.02. The van der Waals surface area contributed by atoms with E-state index < -0.39 is 17.1 Å². The molecular weight excluding hydrogens is 348 g/mol. The van der Waals surface area contributed by atoms with Crippen molar-refractivity contribution < 1.29 is 14.9 Å². The van der Waals surface area contributed by atoms with Gasteiger partial charge in [0.1, 0.15) is 12.2 Å². The standard InChI is InChI=1S/C19H22N4O4/c1-12-13(2)23(27)16(22(12)11-14-8-6-5-7-9-14)10-15-17(24)20(3)19(26)21(4)18(15)25/h5-9H,10-11H2,1-4H3,(H-,24,25,27). The van der Waals surface area contributed by atoms with E-state index in [4.69, 9.17) is 0 Å². The predicted molar refractivity (Wildman–Crippen MR) is 96.0 cm³/mol. The summed E-state index contributed by atoms with van der Waals surface area (Å²) in [4.78, 5) is 24.4. The van der Waals surface area contributed by atoms with Crippen molar-refractivity contribution in [3.8, 4) is 5.88 Å². The SMILES string of the molecule is Cc1c(C)[n+](Cc2ccccc2)c(Cc2c([O-])n(C)c(=O)n(C)c2=O)n1O. The van der Waals surface area contributed by atoms with Crippen molar-refractivity contribution in [2.75, 3.05) is 0 Å². The molecule has 142 valence electrons. The summed E-state index contributed by atoms with van der Waals surface area (Å²) in [7, 11) is 2.67. The van der Waals surface area contributed by atoms with E-state index in [1.165, 1.54) is 14.1 Å². The van der Waals surface area contributed by atoms with Crippen LogP contribution in [0, 0.1) is 13.8 Å². The first-order chi connectivity index (χ1) is 12.7. The van der Waals surface area contributed by atoms with Crippen LogP contribution >= 0.6 is 0 Å². The zero-order chi connectivity index (χ0) is 19.9. The Labute approximate surface area is 155 Å². The van der Waals surface area contributed by atoms with Crippen LogP contribution in [0.5, 0.6) is 5.88 Å². The van der Waals surface area contributed by atoms with Gasteiger partial charge in [0.05, 0.1) is 6.42 Å². The maximum Gasteiger partial charge on any atom is 0.329 e. The van der Waals surface area contributed by atoms with Gasteiger partial charge in [-0.2, -0.15) is 0 Å². The molecule has 0 fully saturated rings. The summed E-state index contributed by atoms with van der Waals surface area (Å²) in [5.74, 6) is -0.243. The molecule has 1 aromatic carbocycles. The van der Waals surface area contributed by atoms with Crippen molar-refractivity contribution in [3.05, 3.63) is 79.5 Å². The highest BCUT2D eigenvalue weighted by atomic mass is 16.5. The lowest BCUT2D eigenvalue weighted by atomic mass is 10.2. The Hall–Kier alpha value is -3.29. The molecule has 3 aromatic rings. The van der Waals surface area contributed by atoms with Gasteiger partial charge >= 0.3 is 11.5 Å². The topological polar surface area (TPSA) is 96.1 Å². The van der Waals surface area contributed by atoms with Gasteiger partial charge in [0.15, 0.2) is 5.69 Å². The zero-order valence-corrected chi connectivity index (χ0v) is 15.8. The number of imidazole rings is 1. The fourth-order valence-electron chi connectivity index (χ4n) is 3.20. The van der Waals surface area contributed by atoms with Crippen LogP contribution in [-0.2, 0) is 27.1 Å². The van der Waals surface area contributed by atoms with E-state index in [9.17, 15) is 19.9 Å². The first-order valence-electron chi connectivity index (χ1n) is 8.53. The lowest BCUT2D eigenvalue weighted by molar-refractivity contribution is -0.701. The van der Waals surface area contributed by atoms with Gasteiger partial charge in [-0.25, -0.2) is 9.36 Å². The average Bonchev–Trinajstić information content (AvgIpc) is 2.87. The van der Waals surface area contributed by atoms with Gasteiger partial charge in [-0.05, 0) is 16.2 Å². The third kappa shape index (κ3) is 3.03. The second kappa shape index (κ2) is 6.79. The molecule has 0 spiro atoms. The van der Waals surface area contributed by atoms with Crippen LogP contribution < -0.4 is 20.9 Å². The van der Waals surface area contributed by atoms with E-state index in [0.29, 0.717) is 18.1 Å². The lowest BCUT2D eigenvalue weighted by Crippen LogP contribution is -2.44. The summed E-state index contributed by atoms with van der Waals surface area (Å²) in [5, 5.41) is 23.0. The highest BCUT2D eigenvalue weighted by Gasteiger charge is 2.28. The van der Waals surface area contributed by atoms with Gasteiger partial charge in [0.25, 0.3) is 5.56 Å². The highest BCUT2D eigenvalue weighted by molar-refractivity contribution is 5.25. The van der Waals surface area contributed by atoms with Crippen molar-refractivity contribution in [2.24, 2.45) is 14.1 Å². The van der Waals surface area contributed by atoms with Gasteiger partial charge in [0.2, 0.25) is 0 Å². The molecule has 0 aliphatic rings. The molecular formula is C19H22N4O4. The Kier molecular flexibility index (Phi) is 4.65. The van der Waals surface area contributed by atoms with Crippen LogP contribution in [0.4, 0.5) is 0 Å². The maximum absolute atomic E-state index is 12.5. The van der Waals surface area contributed by atoms with Crippen molar-refractivity contribution >= 4 is 0 Å². The summed E-state index contributed by atoms with van der Waals surface area (Å²) >= 11 is 0. The van der Waals surface area contributed by atoms with Crippen LogP contribution in [0.1, 0.15) is 28.3 Å². The van der Waals surface area contributed by atoms with E-state index in [-0.39, 0.29) is 12.0 Å². The molecule has 0 saturated carbocycles. The molecule has 0 aliphatic heterocycles. The molecule has 0 radical (unpaired) electrons. The first kappa shape index (κ1) is 18.5. The number of aromatic nitrogens is 4. The molecule has 0 amide bonds. The van der Waals surface area contributed by atoms with Gasteiger partial charge in [0, 0.05) is 33.5 Å². The fourth-order valence-corrected chi connectivity index (χ4v) is 3.20. The monoisotopic (exact) mass is 370 g/mol. The van der Waals surface area contributed by atoms with Gasteiger partial charge in [-0.1, -0.05) is 30.3 Å². The molecule has 3 rings (SSSR count). The Bertz CT molecular complexity index is 1120. The molecule has 27 heavy (non-hydrogen) atoms. The fraction of sp³-hybridized carbons (Fsp3) is 0.316. The molecule has 1 N–H and O–H groups in total. The minimum Gasteiger partial charge on any atom is -0.860 e. The minimum atomic E-state index is -0.669. The van der Waals surface area contributed by atoms with Crippen molar-refractivity contribution in [1.29, 1.82) is 0 Å². The lowest BCUT2D eigenvalue weighted by Gasteiger charge is -2.17. The Morgan fingerprint density at radius 2 is 1.70 bits per heavy atom. The Balaban J connectivity index is 2.16. The molecule has 8 heteroatoms. The third-order valence-corrected chi connectivity index (χ3v) is 5.02. The van der Waals surface area contributed by atoms with Crippen molar-refractivity contribution in [3.63, 3.8) is 0 Å². The number of benzene rings is 1. The van der Waals surface area contributed by atoms with Crippen LogP contribution in [0.3, 0.4) is 0 Å². The summed E-state index contributed by atoms with van der Waals surface area (Å²) < 4.78 is 4.68. The van der Waals surface area contributed by atoms with E-state index in [0.717, 1.165) is 25.1 Å². The summed E-state index contributed by atoms with van der Waals surface area (Å²) in [5.41, 5.74) is 1.09. The van der Waals surface area contributed by atoms with Gasteiger partial charge in [-0.15, -0.1) is 0 Å².